The average Bonchev–Trinajstić information content (AvgIpc) is 3.60. The number of nitrogens with one attached hydrogen (secondary N) is 1. The lowest BCUT2D eigenvalue weighted by atomic mass is 9.96. The smallest absolute Gasteiger partial charge is 0.387 e. The van der Waals surface area contributed by atoms with Crippen LogP contribution in [0.4, 0.5) is 20.3 Å². The Hall–Kier alpha value is -4.80. The molecule has 2 aromatic carbocycles. The average molecular weight is 572 g/mol. The first-order valence-electron chi connectivity index (χ1n) is 13.9. The number of hydrogen-bond donors (Lipinski definition) is 1. The fourth-order valence-corrected chi connectivity index (χ4v) is 5.47. The minimum Gasteiger partial charge on any atom is -0.435 e. The molecule has 0 bridgehead atoms. The molecule has 1 aliphatic heterocycles. The predicted octanol–water partition coefficient (Wildman–Crippen LogP) is 6.11. The number of aryl methyl sites for hydroxylation is 2. The van der Waals surface area contributed by atoms with Gasteiger partial charge in [-0.25, -0.2) is 9.97 Å². The van der Waals surface area contributed by atoms with Gasteiger partial charge >= 0.3 is 6.61 Å². The zero-order valence-electron chi connectivity index (χ0n) is 23.4. The summed E-state index contributed by atoms with van der Waals surface area (Å²) in [4.78, 5) is 24.3. The SMILES string of the molecule is Cc1cnn(CC2CCN(C(=O)c3ccc(Nc4nccn5c(-c6ccc(OC(F)F)cc6)cnc45)cc3C)CC2)c1. The third-order valence-corrected chi connectivity index (χ3v) is 7.63. The summed E-state index contributed by atoms with van der Waals surface area (Å²) in [5.41, 5.74) is 5.69. The molecule has 1 saturated heterocycles. The Bertz CT molecular complexity index is 1710. The molecule has 4 heterocycles. The summed E-state index contributed by atoms with van der Waals surface area (Å²) in [6.45, 7) is 3.46. The molecule has 0 saturated carbocycles. The number of aromatic nitrogens is 5. The van der Waals surface area contributed by atoms with Crippen molar-refractivity contribution >= 4 is 23.1 Å². The first kappa shape index (κ1) is 27.4. The zero-order chi connectivity index (χ0) is 29.2. The summed E-state index contributed by atoms with van der Waals surface area (Å²) in [6.07, 6.45) is 11.0. The van der Waals surface area contributed by atoms with Crippen LogP contribution < -0.4 is 10.1 Å². The fraction of sp³-hybridized carbons (Fsp3) is 0.290. The second-order valence-electron chi connectivity index (χ2n) is 10.6. The number of likely N-dealkylation sites (tertiary alicyclic amines) is 1. The lowest BCUT2D eigenvalue weighted by Gasteiger charge is -2.32. The van der Waals surface area contributed by atoms with Gasteiger partial charge in [0.15, 0.2) is 11.5 Å². The molecule has 6 rings (SSSR count). The van der Waals surface area contributed by atoms with Crippen molar-refractivity contribution in [3.63, 3.8) is 0 Å². The molecule has 3 aromatic heterocycles. The van der Waals surface area contributed by atoms with Crippen molar-refractivity contribution in [1.29, 1.82) is 0 Å². The Morgan fingerprint density at radius 3 is 2.55 bits per heavy atom. The highest BCUT2D eigenvalue weighted by Gasteiger charge is 2.25. The van der Waals surface area contributed by atoms with Crippen LogP contribution in [0.2, 0.25) is 0 Å². The summed E-state index contributed by atoms with van der Waals surface area (Å²) < 4.78 is 33.3. The van der Waals surface area contributed by atoms with Crippen molar-refractivity contribution in [2.75, 3.05) is 18.4 Å². The van der Waals surface area contributed by atoms with Crippen LogP contribution in [0.3, 0.4) is 0 Å². The number of anilines is 2. The van der Waals surface area contributed by atoms with Gasteiger partial charge in [0, 0.05) is 55.0 Å². The number of fused-ring (bicyclic) bond motifs is 1. The topological polar surface area (TPSA) is 89.6 Å². The van der Waals surface area contributed by atoms with E-state index in [-0.39, 0.29) is 11.7 Å². The quantitative estimate of drug-likeness (QED) is 0.242. The Morgan fingerprint density at radius 2 is 1.86 bits per heavy atom. The van der Waals surface area contributed by atoms with Crippen molar-refractivity contribution < 1.29 is 18.3 Å². The van der Waals surface area contributed by atoms with E-state index in [1.807, 2.05) is 52.2 Å². The first-order chi connectivity index (χ1) is 20.3. The van der Waals surface area contributed by atoms with E-state index in [1.54, 1.807) is 30.7 Å². The van der Waals surface area contributed by atoms with E-state index in [2.05, 4.69) is 31.3 Å². The number of hydrogen-bond acceptors (Lipinski definition) is 6. The zero-order valence-corrected chi connectivity index (χ0v) is 23.4. The van der Waals surface area contributed by atoms with Gasteiger partial charge in [0.05, 0.1) is 18.1 Å². The largest absolute Gasteiger partial charge is 0.435 e. The highest BCUT2D eigenvalue weighted by Crippen LogP contribution is 2.28. The third kappa shape index (κ3) is 5.81. The molecule has 1 fully saturated rings. The summed E-state index contributed by atoms with van der Waals surface area (Å²) in [5.74, 6) is 1.21. The van der Waals surface area contributed by atoms with E-state index >= 15 is 0 Å². The standard InChI is InChI=1S/C31H31F2N7O2/c1-20-16-36-39(18-20)19-22-9-12-38(13-10-22)30(41)26-8-5-24(15-21(26)2)37-28-29-35-17-27(40(29)14-11-34-28)23-3-6-25(7-4-23)42-31(32)33/h3-8,11,14-18,22,31H,9-10,12-13,19H2,1-2H3,(H,34,37). The monoisotopic (exact) mass is 571 g/mol. The Balaban J connectivity index is 1.13. The molecular weight excluding hydrogens is 540 g/mol. The maximum Gasteiger partial charge on any atom is 0.387 e. The van der Waals surface area contributed by atoms with Gasteiger partial charge in [0.2, 0.25) is 0 Å². The maximum atomic E-state index is 13.4. The van der Waals surface area contributed by atoms with Crippen LogP contribution in [0.15, 0.2) is 73.4 Å². The molecule has 5 aromatic rings. The Labute approximate surface area is 241 Å². The third-order valence-electron chi connectivity index (χ3n) is 7.63. The minimum atomic E-state index is -2.87. The van der Waals surface area contributed by atoms with E-state index in [0.717, 1.165) is 60.5 Å². The predicted molar refractivity (Wildman–Crippen MR) is 155 cm³/mol. The van der Waals surface area contributed by atoms with Crippen molar-refractivity contribution in [3.8, 4) is 17.0 Å². The number of benzene rings is 2. The summed E-state index contributed by atoms with van der Waals surface area (Å²) in [7, 11) is 0. The van der Waals surface area contributed by atoms with E-state index < -0.39 is 6.61 Å². The van der Waals surface area contributed by atoms with Crippen LogP contribution in [-0.2, 0) is 6.54 Å². The molecule has 0 spiro atoms. The second-order valence-corrected chi connectivity index (χ2v) is 10.6. The molecule has 9 nitrogen and oxygen atoms in total. The van der Waals surface area contributed by atoms with E-state index in [0.29, 0.717) is 22.9 Å². The summed E-state index contributed by atoms with van der Waals surface area (Å²) in [5, 5.41) is 7.73. The lowest BCUT2D eigenvalue weighted by molar-refractivity contribution is -0.0498. The van der Waals surface area contributed by atoms with Gasteiger partial charge in [0.25, 0.3) is 5.91 Å². The van der Waals surface area contributed by atoms with Gasteiger partial charge in [0.1, 0.15) is 5.75 Å². The highest BCUT2D eigenvalue weighted by atomic mass is 19.3. The van der Waals surface area contributed by atoms with Gasteiger partial charge in [-0.15, -0.1) is 0 Å². The Kier molecular flexibility index (Phi) is 7.56. The molecule has 0 aliphatic carbocycles. The number of ether oxygens (including phenoxy) is 1. The van der Waals surface area contributed by atoms with Crippen molar-refractivity contribution in [2.45, 2.75) is 39.8 Å². The van der Waals surface area contributed by atoms with Crippen LogP contribution in [-0.4, -0.2) is 54.7 Å². The van der Waals surface area contributed by atoms with Gasteiger partial charge in [-0.05, 0) is 86.2 Å². The Morgan fingerprint density at radius 1 is 1.07 bits per heavy atom. The molecule has 11 heteroatoms. The molecule has 216 valence electrons. The number of alkyl halides is 2. The fourth-order valence-electron chi connectivity index (χ4n) is 5.47. The minimum absolute atomic E-state index is 0.0514. The highest BCUT2D eigenvalue weighted by molar-refractivity contribution is 5.96. The number of rotatable bonds is 8. The van der Waals surface area contributed by atoms with Crippen LogP contribution in [0, 0.1) is 19.8 Å². The maximum absolute atomic E-state index is 13.4. The first-order valence-corrected chi connectivity index (χ1v) is 13.9. The number of carbonyl (C=O) groups excluding carboxylic acids is 1. The number of carbonyl (C=O) groups is 1. The van der Waals surface area contributed by atoms with Crippen molar-refractivity contribution in [2.24, 2.45) is 5.92 Å². The number of nitrogens with zero attached hydrogens (tertiary/aromatic N) is 6. The van der Waals surface area contributed by atoms with Gasteiger partial charge in [-0.3, -0.25) is 13.9 Å². The molecule has 0 radical (unpaired) electrons. The van der Waals surface area contributed by atoms with Crippen molar-refractivity contribution in [3.05, 3.63) is 90.1 Å². The van der Waals surface area contributed by atoms with E-state index in [9.17, 15) is 13.6 Å². The molecule has 1 amide bonds. The van der Waals surface area contributed by atoms with Crippen LogP contribution in [0.5, 0.6) is 5.75 Å². The second kappa shape index (κ2) is 11.6. The normalized spacial score (nSPS) is 14.1. The summed E-state index contributed by atoms with van der Waals surface area (Å²) >= 11 is 0. The lowest BCUT2D eigenvalue weighted by Crippen LogP contribution is -2.39. The van der Waals surface area contributed by atoms with Crippen molar-refractivity contribution in [1.82, 2.24) is 29.0 Å². The summed E-state index contributed by atoms with van der Waals surface area (Å²) in [6, 6.07) is 12.1. The molecule has 1 aliphatic rings. The number of piperidine rings is 1. The van der Waals surface area contributed by atoms with Crippen LogP contribution >= 0.6 is 0 Å². The molecular formula is C31H31F2N7O2. The van der Waals surface area contributed by atoms with Gasteiger partial charge < -0.3 is 15.0 Å². The van der Waals surface area contributed by atoms with Gasteiger partial charge in [-0.1, -0.05) is 0 Å². The van der Waals surface area contributed by atoms with E-state index in [4.69, 9.17) is 0 Å². The molecule has 0 atom stereocenters. The number of imidazole rings is 1. The molecule has 1 N–H and O–H groups in total. The number of halogens is 2. The molecule has 42 heavy (non-hydrogen) atoms. The van der Waals surface area contributed by atoms with Crippen LogP contribution in [0.25, 0.3) is 16.9 Å². The number of amides is 1. The molecule has 0 unspecified atom stereocenters. The van der Waals surface area contributed by atoms with Crippen LogP contribution in [0.1, 0.15) is 34.3 Å². The van der Waals surface area contributed by atoms with E-state index in [1.165, 1.54) is 12.1 Å². The van der Waals surface area contributed by atoms with Gasteiger partial charge in [-0.2, -0.15) is 13.9 Å².